The lowest BCUT2D eigenvalue weighted by atomic mass is 9.49. The molecule has 2 aliphatic carbocycles. The molecule has 3 aliphatic heterocycles. The Balaban J connectivity index is 0.000000148. The first-order chi connectivity index (χ1) is 29.9. The summed E-state index contributed by atoms with van der Waals surface area (Å²) in [6.45, 7) is 24.4. The summed E-state index contributed by atoms with van der Waals surface area (Å²) in [4.78, 5) is 24.9. The van der Waals surface area contributed by atoms with Crippen LogP contribution in [0.25, 0.3) is 0 Å². The molecule has 0 bridgehead atoms. The van der Waals surface area contributed by atoms with Crippen molar-refractivity contribution in [2.75, 3.05) is 10.6 Å². The molecule has 14 heteroatoms. The summed E-state index contributed by atoms with van der Waals surface area (Å²) < 4.78 is 37.0. The predicted octanol–water partition coefficient (Wildman–Crippen LogP) is 9.39. The van der Waals surface area contributed by atoms with Gasteiger partial charge in [-0.15, -0.1) is 0 Å². The Kier molecular flexibility index (Phi) is 13.7. The van der Waals surface area contributed by atoms with Crippen molar-refractivity contribution < 1.29 is 37.5 Å². The third-order valence-corrected chi connectivity index (χ3v) is 15.0. The summed E-state index contributed by atoms with van der Waals surface area (Å²) in [5.41, 5.74) is 5.63. The van der Waals surface area contributed by atoms with Crippen LogP contribution in [0, 0.1) is 11.8 Å². The lowest BCUT2D eigenvalue weighted by Gasteiger charge is -2.32. The Bertz CT molecular complexity index is 2190. The van der Waals surface area contributed by atoms with Gasteiger partial charge < -0.3 is 38.6 Å². The van der Waals surface area contributed by atoms with Gasteiger partial charge in [0.05, 0.1) is 33.6 Å². The van der Waals surface area contributed by atoms with Gasteiger partial charge in [0.2, 0.25) is 11.8 Å². The highest BCUT2D eigenvalue weighted by Crippen LogP contribution is 2.43. The molecule has 3 saturated heterocycles. The van der Waals surface area contributed by atoms with Crippen molar-refractivity contribution in [3.63, 3.8) is 0 Å². The Morgan fingerprint density at radius 3 is 1.05 bits per heavy atom. The third kappa shape index (κ3) is 10.4. The lowest BCUT2D eigenvalue weighted by molar-refractivity contribution is -0.120. The van der Waals surface area contributed by atoms with Crippen LogP contribution in [-0.4, -0.2) is 66.6 Å². The maximum Gasteiger partial charge on any atom is 0.494 e. The number of fused-ring (bicyclic) bond motifs is 2. The quantitative estimate of drug-likeness (QED) is 0.184. The van der Waals surface area contributed by atoms with Crippen molar-refractivity contribution in [1.29, 1.82) is 0 Å². The minimum Gasteiger partial charge on any atom is -0.405 e. The zero-order chi connectivity index (χ0) is 46.5. The molecule has 4 aromatic rings. The number of nitrogens with one attached hydrogen (secondary N) is 2. The van der Waals surface area contributed by atoms with Gasteiger partial charge in [0.15, 0.2) is 0 Å². The highest BCUT2D eigenvalue weighted by atomic mass is 79.9. The second-order valence-electron chi connectivity index (χ2n) is 20.7. The normalized spacial score (nSPS) is 21.9. The molecule has 0 atom stereocenters. The van der Waals surface area contributed by atoms with Gasteiger partial charge in [-0.25, -0.2) is 0 Å². The molecule has 64 heavy (non-hydrogen) atoms. The minimum absolute atomic E-state index is 0.00479. The molecule has 2 amide bonds. The molecule has 9 rings (SSSR count). The zero-order valence-electron chi connectivity index (χ0n) is 39.6. The van der Waals surface area contributed by atoms with Gasteiger partial charge >= 0.3 is 21.1 Å². The van der Waals surface area contributed by atoms with Gasteiger partial charge in [0.1, 0.15) is 0 Å². The topological polar surface area (TPSA) is 114 Å². The number of amides is 2. The fraction of sp³-hybridized carbons (Fsp3) is 0.480. The number of anilines is 2. The van der Waals surface area contributed by atoms with Gasteiger partial charge in [-0.1, -0.05) is 76.6 Å². The molecule has 3 heterocycles. The van der Waals surface area contributed by atoms with Crippen molar-refractivity contribution in [2.24, 2.45) is 11.8 Å². The van der Waals surface area contributed by atoms with Crippen LogP contribution < -0.4 is 16.1 Å². The van der Waals surface area contributed by atoms with Crippen LogP contribution in [0.15, 0.2) is 102 Å². The maximum absolute atomic E-state index is 12.6. The summed E-state index contributed by atoms with van der Waals surface area (Å²) in [6.07, 6.45) is 3.32. The molecule has 4 aromatic carbocycles. The van der Waals surface area contributed by atoms with E-state index >= 15 is 0 Å². The number of rotatable bonds is 6. The van der Waals surface area contributed by atoms with Gasteiger partial charge in [-0.05, 0) is 173 Å². The smallest absolute Gasteiger partial charge is 0.405 e. The fourth-order valence-corrected chi connectivity index (χ4v) is 8.48. The Hall–Kier alpha value is -3.75. The van der Waals surface area contributed by atoms with Crippen molar-refractivity contribution >= 4 is 65.7 Å². The summed E-state index contributed by atoms with van der Waals surface area (Å²) >= 11 is 3.38. The standard InChI is InChI=1S/C22H26BNO3.C16H14BrNO.C12H24B2O4/c1-21(2)22(3,4)27-23(26-21)18-9-11-19(12-10-18)24-20(25)17-13-15-7-5-6-8-16(15)14-17;17-14-5-7-15(8-6-14)18-16(19)13-9-11-3-1-2-4-12(11)10-13;1-9(2)10(3,4)16-13(15-9)14-17-11(5,6)12(7,8)18-14/h5-12,17H,13-14H2,1-4H3,(H,24,25);1-8,13H,9-10H2,(H,18,19);1-8H3. The zero-order valence-corrected chi connectivity index (χ0v) is 41.2. The van der Waals surface area contributed by atoms with Crippen molar-refractivity contribution in [3.05, 3.63) is 124 Å². The highest BCUT2D eigenvalue weighted by molar-refractivity contribution is 9.10. The van der Waals surface area contributed by atoms with E-state index in [1.165, 1.54) is 22.3 Å². The molecular formula is C50H64B3BrN2O8. The Morgan fingerprint density at radius 2 is 0.734 bits per heavy atom. The Labute approximate surface area is 390 Å². The third-order valence-electron chi connectivity index (χ3n) is 14.4. The van der Waals surface area contributed by atoms with Crippen molar-refractivity contribution in [1.82, 2.24) is 0 Å². The number of carbonyl (C=O) groups excluding carboxylic acids is 2. The van der Waals surface area contributed by atoms with Crippen LogP contribution in [0.3, 0.4) is 0 Å². The van der Waals surface area contributed by atoms with Crippen LogP contribution in [0.5, 0.6) is 0 Å². The number of hydrogen-bond acceptors (Lipinski definition) is 8. The largest absolute Gasteiger partial charge is 0.494 e. The molecular weight excluding hydrogens is 869 g/mol. The molecule has 10 nitrogen and oxygen atoms in total. The molecule has 0 spiro atoms. The lowest BCUT2D eigenvalue weighted by Crippen LogP contribution is -2.41. The van der Waals surface area contributed by atoms with E-state index in [4.69, 9.17) is 27.9 Å². The van der Waals surface area contributed by atoms with E-state index in [0.29, 0.717) is 0 Å². The molecule has 0 unspecified atom stereocenters. The second-order valence-corrected chi connectivity index (χ2v) is 21.6. The van der Waals surface area contributed by atoms with E-state index in [9.17, 15) is 9.59 Å². The summed E-state index contributed by atoms with van der Waals surface area (Å²) in [6, 6.07) is 32.0. The second kappa shape index (κ2) is 18.2. The van der Waals surface area contributed by atoms with Crippen LogP contribution >= 0.6 is 15.9 Å². The minimum atomic E-state index is -0.476. The average molecular weight is 933 g/mol. The summed E-state index contributed by atoms with van der Waals surface area (Å²) in [7, 11) is -1.34. The molecule has 0 saturated carbocycles. The molecule has 2 N–H and O–H groups in total. The van der Waals surface area contributed by atoms with Crippen LogP contribution in [-0.2, 0) is 63.2 Å². The van der Waals surface area contributed by atoms with Crippen LogP contribution in [0.2, 0.25) is 0 Å². The highest BCUT2D eigenvalue weighted by Gasteiger charge is 2.63. The SMILES string of the molecule is CC1(C)OB(B2OC(C)(C)C(C)(C)O2)OC1(C)C.CC1(C)OB(c2ccc(NC(=O)C3Cc4ccccc4C3)cc2)OC1(C)C.O=C(Nc1ccc(Br)cc1)C1Cc2ccccc2C1. The first-order valence-electron chi connectivity index (χ1n) is 22.5. The summed E-state index contributed by atoms with van der Waals surface area (Å²) in [5, 5.41) is 6.03. The number of hydrogen-bond donors (Lipinski definition) is 2. The first kappa shape index (κ1) is 48.2. The van der Waals surface area contributed by atoms with Crippen molar-refractivity contribution in [3.8, 4) is 0 Å². The predicted molar refractivity (Wildman–Crippen MR) is 260 cm³/mol. The van der Waals surface area contributed by atoms with Gasteiger partial charge in [-0.2, -0.15) is 0 Å². The van der Waals surface area contributed by atoms with Crippen molar-refractivity contribution in [2.45, 2.75) is 142 Å². The fourth-order valence-electron chi connectivity index (χ4n) is 8.21. The molecule has 338 valence electrons. The van der Waals surface area contributed by atoms with E-state index in [-0.39, 0.29) is 64.4 Å². The van der Waals surface area contributed by atoms with Gasteiger partial charge in [-0.3, -0.25) is 9.59 Å². The molecule has 0 radical (unpaired) electrons. The molecule has 3 fully saturated rings. The number of halogens is 1. The van der Waals surface area contributed by atoms with Gasteiger partial charge in [0.25, 0.3) is 0 Å². The van der Waals surface area contributed by atoms with Gasteiger partial charge in [0, 0.05) is 27.7 Å². The van der Waals surface area contributed by atoms with E-state index < -0.39 is 14.0 Å². The Morgan fingerprint density at radius 1 is 0.453 bits per heavy atom. The monoisotopic (exact) mass is 932 g/mol. The van der Waals surface area contributed by atoms with E-state index in [1.54, 1.807) is 0 Å². The first-order valence-corrected chi connectivity index (χ1v) is 23.3. The van der Waals surface area contributed by atoms with Crippen LogP contribution in [0.1, 0.15) is 105 Å². The molecule has 5 aliphatic rings. The number of benzene rings is 4. The molecule has 0 aromatic heterocycles. The summed E-state index contributed by atoms with van der Waals surface area (Å²) in [5.74, 6) is 0.249. The maximum atomic E-state index is 12.6. The van der Waals surface area contributed by atoms with Crippen LogP contribution in [0.4, 0.5) is 11.4 Å². The average Bonchev–Trinajstić information content (AvgIpc) is 4.00. The van der Waals surface area contributed by atoms with E-state index in [0.717, 1.165) is 47.0 Å². The van der Waals surface area contributed by atoms with E-state index in [2.05, 4.69) is 50.8 Å². The van der Waals surface area contributed by atoms with E-state index in [1.807, 2.05) is 156 Å². The number of carbonyl (C=O) groups is 2.